The fraction of sp³-hybridized carbons (Fsp3) is 0.222. The molecule has 1 aliphatic carbocycles. The fourth-order valence-electron chi connectivity index (χ4n) is 2.85. The highest BCUT2D eigenvalue weighted by Gasteiger charge is 2.24. The molecule has 1 aliphatic rings. The second-order valence-electron chi connectivity index (χ2n) is 5.18. The lowest BCUT2D eigenvalue weighted by Gasteiger charge is -2.25. The van der Waals surface area contributed by atoms with E-state index in [1.54, 1.807) is 19.5 Å². The zero-order chi connectivity index (χ0) is 14.7. The van der Waals surface area contributed by atoms with E-state index >= 15 is 0 Å². The molecule has 0 spiro atoms. The average molecular weight is 279 g/mol. The van der Waals surface area contributed by atoms with E-state index in [4.69, 9.17) is 4.74 Å². The standard InChI is InChI=1S/C18H17NO2/c1-21-16-5-4-14-2-3-15(18(12-20)17(14)11-16)10-13-6-8-19-9-7-13/h4-12,18H,2-3H2,1H3. The van der Waals surface area contributed by atoms with Crippen LogP contribution in [0, 0.1) is 0 Å². The van der Waals surface area contributed by atoms with Crippen LogP contribution in [0.3, 0.4) is 0 Å². The number of hydrogen-bond acceptors (Lipinski definition) is 3. The quantitative estimate of drug-likeness (QED) is 0.808. The molecule has 0 amide bonds. The van der Waals surface area contributed by atoms with Crippen LogP contribution in [0.25, 0.3) is 6.08 Å². The maximum absolute atomic E-state index is 11.6. The molecule has 3 nitrogen and oxygen atoms in total. The Morgan fingerprint density at radius 3 is 2.71 bits per heavy atom. The summed E-state index contributed by atoms with van der Waals surface area (Å²) >= 11 is 0. The third-order valence-corrected chi connectivity index (χ3v) is 3.96. The molecule has 1 atom stereocenters. The normalized spacial score (nSPS) is 19.1. The minimum atomic E-state index is -0.183. The molecule has 0 bridgehead atoms. The smallest absolute Gasteiger partial charge is 0.131 e. The van der Waals surface area contributed by atoms with Crippen LogP contribution in [0.5, 0.6) is 5.75 Å². The Bertz CT molecular complexity index is 677. The Balaban J connectivity index is 2.02. The van der Waals surface area contributed by atoms with Crippen molar-refractivity contribution in [3.8, 4) is 5.75 Å². The Morgan fingerprint density at radius 2 is 2.00 bits per heavy atom. The molecule has 1 aromatic heterocycles. The first-order valence-corrected chi connectivity index (χ1v) is 7.04. The van der Waals surface area contributed by atoms with E-state index in [-0.39, 0.29) is 5.92 Å². The number of aryl methyl sites for hydroxylation is 1. The fourth-order valence-corrected chi connectivity index (χ4v) is 2.85. The van der Waals surface area contributed by atoms with E-state index in [0.29, 0.717) is 0 Å². The highest BCUT2D eigenvalue weighted by molar-refractivity contribution is 5.74. The van der Waals surface area contributed by atoms with Crippen LogP contribution in [0.1, 0.15) is 29.0 Å². The van der Waals surface area contributed by atoms with E-state index in [2.05, 4.69) is 17.1 Å². The van der Waals surface area contributed by atoms with Crippen LogP contribution in [-0.4, -0.2) is 18.4 Å². The van der Waals surface area contributed by atoms with E-state index in [0.717, 1.165) is 41.6 Å². The molecule has 0 fully saturated rings. The van der Waals surface area contributed by atoms with Crippen molar-refractivity contribution in [1.82, 2.24) is 4.98 Å². The molecule has 21 heavy (non-hydrogen) atoms. The summed E-state index contributed by atoms with van der Waals surface area (Å²) < 4.78 is 5.28. The Morgan fingerprint density at radius 1 is 1.19 bits per heavy atom. The number of hydrogen-bond donors (Lipinski definition) is 0. The molecular weight excluding hydrogens is 262 g/mol. The largest absolute Gasteiger partial charge is 0.497 e. The second-order valence-corrected chi connectivity index (χ2v) is 5.18. The lowest BCUT2D eigenvalue weighted by Crippen LogP contribution is -2.14. The highest BCUT2D eigenvalue weighted by atomic mass is 16.5. The van der Waals surface area contributed by atoms with Crippen molar-refractivity contribution in [2.45, 2.75) is 18.8 Å². The zero-order valence-electron chi connectivity index (χ0n) is 12.0. The van der Waals surface area contributed by atoms with Gasteiger partial charge in [-0.3, -0.25) is 4.98 Å². The summed E-state index contributed by atoms with van der Waals surface area (Å²) in [6.07, 6.45) is 8.53. The number of fused-ring (bicyclic) bond motifs is 1. The number of ether oxygens (including phenoxy) is 1. The third kappa shape index (κ3) is 2.72. The van der Waals surface area contributed by atoms with Gasteiger partial charge >= 0.3 is 0 Å². The molecule has 1 aromatic carbocycles. The predicted octanol–water partition coefficient (Wildman–Crippen LogP) is 3.40. The second kappa shape index (κ2) is 5.92. The van der Waals surface area contributed by atoms with Crippen LogP contribution in [0.4, 0.5) is 0 Å². The minimum absolute atomic E-state index is 0.183. The minimum Gasteiger partial charge on any atom is -0.497 e. The van der Waals surface area contributed by atoms with Gasteiger partial charge in [-0.25, -0.2) is 0 Å². The lowest BCUT2D eigenvalue weighted by molar-refractivity contribution is -0.108. The molecule has 0 saturated heterocycles. The van der Waals surface area contributed by atoms with Gasteiger partial charge in [0.2, 0.25) is 0 Å². The Hall–Kier alpha value is -2.42. The Labute approximate surface area is 124 Å². The zero-order valence-corrected chi connectivity index (χ0v) is 12.0. The van der Waals surface area contributed by atoms with Crippen LogP contribution in [-0.2, 0) is 11.2 Å². The summed E-state index contributed by atoms with van der Waals surface area (Å²) in [5.41, 5.74) is 4.53. The molecule has 3 rings (SSSR count). The van der Waals surface area contributed by atoms with E-state index < -0.39 is 0 Å². The van der Waals surface area contributed by atoms with E-state index in [1.807, 2.05) is 24.3 Å². The van der Waals surface area contributed by atoms with E-state index in [1.165, 1.54) is 5.56 Å². The van der Waals surface area contributed by atoms with Crippen LogP contribution >= 0.6 is 0 Å². The number of benzene rings is 1. The van der Waals surface area contributed by atoms with Crippen LogP contribution in [0.15, 0.2) is 48.3 Å². The number of allylic oxidation sites excluding steroid dienone is 1. The monoisotopic (exact) mass is 279 g/mol. The lowest BCUT2D eigenvalue weighted by atomic mass is 9.79. The van der Waals surface area contributed by atoms with Crippen molar-refractivity contribution in [2.24, 2.45) is 0 Å². The molecule has 0 aliphatic heterocycles. The molecule has 1 heterocycles. The van der Waals surface area contributed by atoms with Gasteiger partial charge in [0, 0.05) is 12.4 Å². The van der Waals surface area contributed by atoms with Crippen molar-refractivity contribution in [1.29, 1.82) is 0 Å². The summed E-state index contributed by atoms with van der Waals surface area (Å²) in [7, 11) is 1.65. The van der Waals surface area contributed by atoms with Crippen molar-refractivity contribution < 1.29 is 9.53 Å². The summed E-state index contributed by atoms with van der Waals surface area (Å²) in [5, 5.41) is 0. The SMILES string of the molecule is COc1ccc2c(c1)C(C=O)C(=Cc1ccncc1)CC2. The molecule has 0 N–H and O–H groups in total. The first-order chi connectivity index (χ1) is 10.3. The van der Waals surface area contributed by atoms with Gasteiger partial charge in [-0.15, -0.1) is 0 Å². The summed E-state index contributed by atoms with van der Waals surface area (Å²) in [6.45, 7) is 0. The topological polar surface area (TPSA) is 39.2 Å². The van der Waals surface area contributed by atoms with Gasteiger partial charge in [-0.2, -0.15) is 0 Å². The van der Waals surface area contributed by atoms with Crippen molar-refractivity contribution in [3.05, 3.63) is 65.0 Å². The van der Waals surface area contributed by atoms with Crippen molar-refractivity contribution in [2.75, 3.05) is 7.11 Å². The first kappa shape index (κ1) is 13.6. The number of methoxy groups -OCH3 is 1. The number of carbonyl (C=O) groups is 1. The molecule has 1 unspecified atom stereocenters. The maximum atomic E-state index is 11.6. The molecule has 3 heteroatoms. The number of aldehydes is 1. The van der Waals surface area contributed by atoms with Gasteiger partial charge in [-0.1, -0.05) is 17.7 Å². The summed E-state index contributed by atoms with van der Waals surface area (Å²) in [5.74, 6) is 0.614. The molecule has 106 valence electrons. The van der Waals surface area contributed by atoms with Gasteiger partial charge < -0.3 is 9.53 Å². The van der Waals surface area contributed by atoms with Gasteiger partial charge in [-0.05, 0) is 53.8 Å². The van der Waals surface area contributed by atoms with Gasteiger partial charge in [0.1, 0.15) is 12.0 Å². The van der Waals surface area contributed by atoms with Crippen LogP contribution < -0.4 is 4.74 Å². The third-order valence-electron chi connectivity index (χ3n) is 3.96. The first-order valence-electron chi connectivity index (χ1n) is 7.04. The van der Waals surface area contributed by atoms with E-state index in [9.17, 15) is 4.79 Å². The van der Waals surface area contributed by atoms with Gasteiger partial charge in [0.15, 0.2) is 0 Å². The van der Waals surface area contributed by atoms with Crippen molar-refractivity contribution in [3.63, 3.8) is 0 Å². The maximum Gasteiger partial charge on any atom is 0.131 e. The average Bonchev–Trinajstić information content (AvgIpc) is 2.55. The number of aromatic nitrogens is 1. The molecule has 0 radical (unpaired) electrons. The predicted molar refractivity (Wildman–Crippen MR) is 82.3 cm³/mol. The van der Waals surface area contributed by atoms with Crippen LogP contribution in [0.2, 0.25) is 0 Å². The van der Waals surface area contributed by atoms with Gasteiger partial charge in [0.25, 0.3) is 0 Å². The highest BCUT2D eigenvalue weighted by Crippen LogP contribution is 2.37. The molecular formula is C18H17NO2. The summed E-state index contributed by atoms with van der Waals surface area (Å²) in [6, 6.07) is 9.91. The summed E-state index contributed by atoms with van der Waals surface area (Å²) in [4.78, 5) is 15.6. The van der Waals surface area contributed by atoms with Crippen molar-refractivity contribution >= 4 is 12.4 Å². The molecule has 2 aromatic rings. The Kier molecular flexibility index (Phi) is 3.82. The molecule has 0 saturated carbocycles. The number of rotatable bonds is 3. The number of nitrogens with zero attached hydrogens (tertiary/aromatic N) is 1. The number of pyridine rings is 1. The van der Waals surface area contributed by atoms with Gasteiger partial charge in [0.05, 0.1) is 13.0 Å². The number of carbonyl (C=O) groups excluding carboxylic acids is 1.